The lowest BCUT2D eigenvalue weighted by Gasteiger charge is -2.44. The first kappa shape index (κ1) is 29.1. The summed E-state index contributed by atoms with van der Waals surface area (Å²) in [6, 6.07) is 5.01. The van der Waals surface area contributed by atoms with Gasteiger partial charge in [0.15, 0.2) is 19.8 Å². The molecule has 1 heterocycles. The summed E-state index contributed by atoms with van der Waals surface area (Å²) in [6.45, 7) is 22.2. The number of hydrogen-bond acceptors (Lipinski definition) is 6. The van der Waals surface area contributed by atoms with E-state index in [1.165, 1.54) is 0 Å². The number of ether oxygens (including phenoxy) is 4. The van der Waals surface area contributed by atoms with Gasteiger partial charge in [-0.15, -0.1) is 0 Å². The zero-order chi connectivity index (χ0) is 26.7. The molecule has 1 aliphatic heterocycles. The Balaban J connectivity index is 1.90. The van der Waals surface area contributed by atoms with E-state index in [0.29, 0.717) is 46.9 Å². The standard InChI is InChI=1S/C28H46O6Si2/c1-19(2)36(20(3)4,21(5)6)34-16-25-23(15-29)12-22-13-26-27(32-18-31-26)14-24(22)28(25)33-17-30-10-11-35(7,8)9/h12-15,19-21,25,28H,10-11,16-18H2,1-9H3/t25-,28-/m0/s1. The summed E-state index contributed by atoms with van der Waals surface area (Å²) < 4.78 is 30.5. The third-order valence-corrected chi connectivity index (χ3v) is 15.5. The summed E-state index contributed by atoms with van der Waals surface area (Å²) in [5.74, 6) is 1.18. The fourth-order valence-electron chi connectivity index (χ4n) is 5.83. The molecule has 8 heteroatoms. The van der Waals surface area contributed by atoms with E-state index in [9.17, 15) is 4.79 Å². The van der Waals surface area contributed by atoms with Crippen LogP contribution in [0, 0.1) is 5.92 Å². The minimum absolute atomic E-state index is 0.173. The second-order valence-electron chi connectivity index (χ2n) is 12.3. The van der Waals surface area contributed by atoms with Crippen LogP contribution in [0.25, 0.3) is 6.08 Å². The van der Waals surface area contributed by atoms with Crippen LogP contribution in [0.1, 0.15) is 58.8 Å². The van der Waals surface area contributed by atoms with Crippen molar-refractivity contribution in [2.45, 2.75) is 90.0 Å². The molecular formula is C28H46O6Si2. The van der Waals surface area contributed by atoms with Gasteiger partial charge in [0, 0.05) is 32.8 Å². The van der Waals surface area contributed by atoms with Gasteiger partial charge in [0.1, 0.15) is 13.1 Å². The molecule has 0 amide bonds. The fraction of sp³-hybridized carbons (Fsp3) is 0.679. The monoisotopic (exact) mass is 534 g/mol. The largest absolute Gasteiger partial charge is 0.454 e. The molecule has 6 nitrogen and oxygen atoms in total. The molecule has 1 aromatic carbocycles. The van der Waals surface area contributed by atoms with Crippen LogP contribution in [0.3, 0.4) is 0 Å². The molecule has 0 bridgehead atoms. The molecule has 2 aliphatic rings. The van der Waals surface area contributed by atoms with Crippen LogP contribution in [-0.4, -0.2) is 49.5 Å². The minimum Gasteiger partial charge on any atom is -0.454 e. The Morgan fingerprint density at radius 1 is 1.00 bits per heavy atom. The van der Waals surface area contributed by atoms with Gasteiger partial charge in [0.2, 0.25) is 6.79 Å². The fourth-order valence-corrected chi connectivity index (χ4v) is 12.1. The first-order valence-corrected chi connectivity index (χ1v) is 19.2. The van der Waals surface area contributed by atoms with Crippen LogP contribution in [0.2, 0.25) is 42.3 Å². The van der Waals surface area contributed by atoms with Crippen molar-refractivity contribution in [2.75, 3.05) is 26.8 Å². The van der Waals surface area contributed by atoms with Crippen LogP contribution < -0.4 is 9.47 Å². The molecule has 3 rings (SSSR count). The van der Waals surface area contributed by atoms with Crippen molar-refractivity contribution in [2.24, 2.45) is 5.92 Å². The quantitative estimate of drug-likeness (QED) is 0.115. The van der Waals surface area contributed by atoms with Crippen LogP contribution >= 0.6 is 0 Å². The molecule has 0 radical (unpaired) electrons. The average molecular weight is 535 g/mol. The SMILES string of the molecule is CC(C)[Si](OC[C@H]1C(C=O)=Cc2cc3c(cc2[C@@H]1OCOCC[Si](C)(C)C)OCO3)(C(C)C)C(C)C. The van der Waals surface area contributed by atoms with E-state index in [0.717, 1.165) is 23.5 Å². The van der Waals surface area contributed by atoms with E-state index in [4.69, 9.17) is 23.4 Å². The Bertz CT molecular complexity index is 913. The van der Waals surface area contributed by atoms with Crippen molar-refractivity contribution in [1.29, 1.82) is 0 Å². The zero-order valence-corrected chi connectivity index (χ0v) is 25.7. The average Bonchev–Trinajstić information content (AvgIpc) is 3.24. The Labute approximate surface area is 219 Å². The Kier molecular flexibility index (Phi) is 9.65. The Morgan fingerprint density at radius 3 is 2.17 bits per heavy atom. The van der Waals surface area contributed by atoms with Crippen molar-refractivity contribution in [3.63, 3.8) is 0 Å². The second kappa shape index (κ2) is 11.9. The summed E-state index contributed by atoms with van der Waals surface area (Å²) in [5.41, 5.74) is 3.95. The van der Waals surface area contributed by atoms with E-state index in [1.54, 1.807) is 0 Å². The second-order valence-corrected chi connectivity index (χ2v) is 23.3. The third-order valence-electron chi connectivity index (χ3n) is 7.68. The molecule has 202 valence electrons. The summed E-state index contributed by atoms with van der Waals surface area (Å²) in [6.07, 6.45) is 2.53. The first-order chi connectivity index (χ1) is 16.9. The lowest BCUT2D eigenvalue weighted by atomic mass is 9.81. The highest BCUT2D eigenvalue weighted by atomic mass is 28.4. The third kappa shape index (κ3) is 6.33. The van der Waals surface area contributed by atoms with E-state index in [2.05, 4.69) is 61.2 Å². The molecule has 0 unspecified atom stereocenters. The highest BCUT2D eigenvalue weighted by Gasteiger charge is 2.46. The van der Waals surface area contributed by atoms with Crippen LogP contribution in [0.4, 0.5) is 0 Å². The predicted molar refractivity (Wildman–Crippen MR) is 150 cm³/mol. The van der Waals surface area contributed by atoms with Gasteiger partial charge in [-0.25, -0.2) is 0 Å². The molecule has 1 aliphatic carbocycles. The molecule has 2 atom stereocenters. The minimum atomic E-state index is -2.13. The zero-order valence-electron chi connectivity index (χ0n) is 23.7. The molecule has 0 aromatic heterocycles. The lowest BCUT2D eigenvalue weighted by molar-refractivity contribution is -0.114. The van der Waals surface area contributed by atoms with Gasteiger partial charge >= 0.3 is 0 Å². The number of carbonyl (C=O) groups is 1. The van der Waals surface area contributed by atoms with Crippen molar-refractivity contribution in [3.8, 4) is 11.5 Å². The maximum Gasteiger partial charge on any atom is 0.231 e. The number of benzene rings is 1. The number of fused-ring (bicyclic) bond motifs is 2. The van der Waals surface area contributed by atoms with Gasteiger partial charge < -0.3 is 23.4 Å². The van der Waals surface area contributed by atoms with E-state index in [1.807, 2.05) is 18.2 Å². The van der Waals surface area contributed by atoms with Crippen molar-refractivity contribution < 1.29 is 28.2 Å². The molecule has 0 saturated heterocycles. The van der Waals surface area contributed by atoms with Crippen LogP contribution in [-0.2, 0) is 18.7 Å². The van der Waals surface area contributed by atoms with Gasteiger partial charge in [-0.3, -0.25) is 4.79 Å². The maximum absolute atomic E-state index is 12.3. The Morgan fingerprint density at radius 2 is 1.61 bits per heavy atom. The van der Waals surface area contributed by atoms with Gasteiger partial charge in [-0.1, -0.05) is 61.2 Å². The molecule has 1 aromatic rings. The number of aldehydes is 1. The molecule has 0 fully saturated rings. The normalized spacial score (nSPS) is 19.7. The number of rotatable bonds is 13. The first-order valence-electron chi connectivity index (χ1n) is 13.3. The molecular weight excluding hydrogens is 488 g/mol. The van der Waals surface area contributed by atoms with Crippen molar-refractivity contribution in [1.82, 2.24) is 0 Å². The van der Waals surface area contributed by atoms with Crippen LogP contribution in [0.15, 0.2) is 17.7 Å². The summed E-state index contributed by atoms with van der Waals surface area (Å²) in [5, 5.41) is 0. The Hall–Kier alpha value is -1.46. The van der Waals surface area contributed by atoms with E-state index < -0.39 is 16.4 Å². The maximum atomic E-state index is 12.3. The summed E-state index contributed by atoms with van der Waals surface area (Å²) in [4.78, 5) is 12.3. The van der Waals surface area contributed by atoms with Gasteiger partial charge in [-0.2, -0.15) is 0 Å². The molecule has 0 N–H and O–H groups in total. The molecule has 0 spiro atoms. The number of carbonyl (C=O) groups excluding carboxylic acids is 1. The highest BCUT2D eigenvalue weighted by Crippen LogP contribution is 2.47. The number of hydrogen-bond donors (Lipinski definition) is 0. The topological polar surface area (TPSA) is 63.2 Å². The highest BCUT2D eigenvalue weighted by molar-refractivity contribution is 6.77. The summed E-state index contributed by atoms with van der Waals surface area (Å²) in [7, 11) is -3.32. The summed E-state index contributed by atoms with van der Waals surface area (Å²) >= 11 is 0. The lowest BCUT2D eigenvalue weighted by Crippen LogP contribution is -2.49. The predicted octanol–water partition coefficient (Wildman–Crippen LogP) is 7.19. The van der Waals surface area contributed by atoms with E-state index in [-0.39, 0.29) is 25.6 Å². The van der Waals surface area contributed by atoms with Gasteiger partial charge in [0.05, 0.1) is 6.10 Å². The van der Waals surface area contributed by atoms with Gasteiger partial charge in [0.25, 0.3) is 0 Å². The van der Waals surface area contributed by atoms with Gasteiger partial charge in [-0.05, 0) is 52.0 Å². The smallest absolute Gasteiger partial charge is 0.231 e. The van der Waals surface area contributed by atoms with E-state index >= 15 is 0 Å². The van der Waals surface area contributed by atoms with Crippen LogP contribution in [0.5, 0.6) is 11.5 Å². The van der Waals surface area contributed by atoms with Crippen molar-refractivity contribution in [3.05, 3.63) is 28.8 Å². The van der Waals surface area contributed by atoms with Crippen molar-refractivity contribution >= 4 is 28.8 Å². The molecule has 36 heavy (non-hydrogen) atoms. The molecule has 0 saturated carbocycles.